The average molecular weight is 153 g/mol. The summed E-state index contributed by atoms with van der Waals surface area (Å²) in [5, 5.41) is 3.93. The fraction of sp³-hybridized carbons (Fsp3) is 0.429. The molecule has 0 aliphatic rings. The van der Waals surface area contributed by atoms with Gasteiger partial charge in [0.2, 0.25) is 0 Å². The van der Waals surface area contributed by atoms with Gasteiger partial charge in [-0.1, -0.05) is 0 Å². The summed E-state index contributed by atoms with van der Waals surface area (Å²) in [6.07, 6.45) is 0. The summed E-state index contributed by atoms with van der Waals surface area (Å²) in [5.74, 6) is 0. The molecular formula is C7H11N3O. The second-order valence-electron chi connectivity index (χ2n) is 2.44. The Bertz CT molecular complexity index is 316. The summed E-state index contributed by atoms with van der Waals surface area (Å²) >= 11 is 0. The van der Waals surface area contributed by atoms with Gasteiger partial charge >= 0.3 is 0 Å². The van der Waals surface area contributed by atoms with Crippen molar-refractivity contribution < 1.29 is 0 Å². The zero-order chi connectivity index (χ0) is 8.43. The van der Waals surface area contributed by atoms with Crippen LogP contribution in [0.2, 0.25) is 0 Å². The molecule has 0 aliphatic carbocycles. The van der Waals surface area contributed by atoms with E-state index in [1.165, 1.54) is 4.68 Å². The maximum Gasteiger partial charge on any atom is 0.270 e. The van der Waals surface area contributed by atoms with E-state index in [9.17, 15) is 4.79 Å². The summed E-state index contributed by atoms with van der Waals surface area (Å²) in [6, 6.07) is 1.71. The predicted octanol–water partition coefficient (Wildman–Crippen LogP) is -0.453. The number of hydrogen-bond donors (Lipinski definition) is 1. The van der Waals surface area contributed by atoms with Gasteiger partial charge in [0, 0.05) is 19.2 Å². The monoisotopic (exact) mass is 153 g/mol. The lowest BCUT2D eigenvalue weighted by Gasteiger charge is -2.00. The van der Waals surface area contributed by atoms with E-state index in [0.29, 0.717) is 5.56 Å². The highest BCUT2D eigenvalue weighted by Gasteiger charge is 2.00. The van der Waals surface area contributed by atoms with Crippen LogP contribution in [0.1, 0.15) is 11.3 Å². The normalized spacial score (nSPS) is 10.1. The van der Waals surface area contributed by atoms with Crippen LogP contribution in [0.15, 0.2) is 10.9 Å². The van der Waals surface area contributed by atoms with E-state index < -0.39 is 0 Å². The molecule has 2 N–H and O–H groups in total. The molecule has 4 heteroatoms. The number of nitrogens with two attached hydrogens (primary N) is 1. The molecular weight excluding hydrogens is 142 g/mol. The third-order valence-corrected chi connectivity index (χ3v) is 1.48. The molecule has 4 nitrogen and oxygen atoms in total. The van der Waals surface area contributed by atoms with Crippen molar-refractivity contribution in [2.24, 2.45) is 12.8 Å². The number of nitrogens with zero attached hydrogens (tertiary/aromatic N) is 2. The van der Waals surface area contributed by atoms with E-state index in [1.807, 2.05) is 6.92 Å². The van der Waals surface area contributed by atoms with Crippen LogP contribution in [0.5, 0.6) is 0 Å². The zero-order valence-corrected chi connectivity index (χ0v) is 6.66. The van der Waals surface area contributed by atoms with E-state index >= 15 is 0 Å². The minimum atomic E-state index is -0.113. The van der Waals surface area contributed by atoms with Crippen LogP contribution >= 0.6 is 0 Å². The van der Waals surface area contributed by atoms with Crippen LogP contribution in [0.3, 0.4) is 0 Å². The Labute approximate surface area is 64.6 Å². The topological polar surface area (TPSA) is 60.9 Å². The molecule has 0 spiro atoms. The quantitative estimate of drug-likeness (QED) is 0.594. The molecule has 11 heavy (non-hydrogen) atoms. The molecule has 0 unspecified atom stereocenters. The number of aryl methyl sites for hydroxylation is 2. The lowest BCUT2D eigenvalue weighted by atomic mass is 10.2. The number of hydrogen-bond acceptors (Lipinski definition) is 3. The maximum atomic E-state index is 11.2. The van der Waals surface area contributed by atoms with Crippen molar-refractivity contribution in [1.29, 1.82) is 0 Å². The van der Waals surface area contributed by atoms with Gasteiger partial charge < -0.3 is 5.73 Å². The smallest absolute Gasteiger partial charge is 0.270 e. The summed E-state index contributed by atoms with van der Waals surface area (Å²) in [7, 11) is 1.62. The highest BCUT2D eigenvalue weighted by atomic mass is 16.1. The lowest BCUT2D eigenvalue weighted by Crippen LogP contribution is -2.25. The second-order valence-corrected chi connectivity index (χ2v) is 2.44. The fourth-order valence-corrected chi connectivity index (χ4v) is 0.979. The van der Waals surface area contributed by atoms with Crippen molar-refractivity contribution in [3.63, 3.8) is 0 Å². The molecule has 0 atom stereocenters. The van der Waals surface area contributed by atoms with Crippen LogP contribution in [0.4, 0.5) is 0 Å². The third kappa shape index (κ3) is 1.46. The van der Waals surface area contributed by atoms with Crippen molar-refractivity contribution in [3.8, 4) is 0 Å². The molecule has 0 aromatic carbocycles. The third-order valence-electron chi connectivity index (χ3n) is 1.48. The van der Waals surface area contributed by atoms with Gasteiger partial charge in [-0.15, -0.1) is 0 Å². The summed E-state index contributed by atoms with van der Waals surface area (Å²) in [5.41, 5.74) is 6.66. The Hall–Kier alpha value is -1.16. The Kier molecular flexibility index (Phi) is 2.05. The Morgan fingerprint density at radius 1 is 1.73 bits per heavy atom. The van der Waals surface area contributed by atoms with Gasteiger partial charge in [0.1, 0.15) is 0 Å². The second kappa shape index (κ2) is 2.84. The Morgan fingerprint density at radius 2 is 2.36 bits per heavy atom. The number of aromatic nitrogens is 2. The van der Waals surface area contributed by atoms with Gasteiger partial charge in [-0.3, -0.25) is 4.79 Å². The molecule has 0 aliphatic heterocycles. The molecule has 1 rings (SSSR count). The molecule has 0 saturated heterocycles. The fourth-order valence-electron chi connectivity index (χ4n) is 0.979. The first-order valence-electron chi connectivity index (χ1n) is 3.39. The van der Waals surface area contributed by atoms with E-state index in [0.717, 1.165) is 5.69 Å². The average Bonchev–Trinajstić information content (AvgIpc) is 1.96. The van der Waals surface area contributed by atoms with Crippen LogP contribution in [0.25, 0.3) is 0 Å². The lowest BCUT2D eigenvalue weighted by molar-refractivity contribution is 0.678. The van der Waals surface area contributed by atoms with Gasteiger partial charge in [-0.25, -0.2) is 4.68 Å². The summed E-state index contributed by atoms with van der Waals surface area (Å²) in [4.78, 5) is 11.2. The zero-order valence-electron chi connectivity index (χ0n) is 6.66. The Balaban J connectivity index is 3.37. The standard InChI is InChI=1S/C7H11N3O/c1-5-3-6(4-8)7(11)10(2)9-5/h3H,4,8H2,1-2H3. The maximum absolute atomic E-state index is 11.2. The minimum Gasteiger partial charge on any atom is -0.326 e. The summed E-state index contributed by atoms with van der Waals surface area (Å²) in [6.45, 7) is 2.11. The Morgan fingerprint density at radius 3 is 2.91 bits per heavy atom. The molecule has 1 aromatic rings. The van der Waals surface area contributed by atoms with Crippen LogP contribution in [-0.4, -0.2) is 9.78 Å². The van der Waals surface area contributed by atoms with Crippen molar-refractivity contribution >= 4 is 0 Å². The largest absolute Gasteiger partial charge is 0.326 e. The molecule has 0 fully saturated rings. The molecule has 0 radical (unpaired) electrons. The molecule has 0 bridgehead atoms. The van der Waals surface area contributed by atoms with Crippen molar-refractivity contribution in [3.05, 3.63) is 27.7 Å². The first-order valence-corrected chi connectivity index (χ1v) is 3.39. The first-order chi connectivity index (χ1) is 5.15. The van der Waals surface area contributed by atoms with Crippen LogP contribution in [0, 0.1) is 6.92 Å². The van der Waals surface area contributed by atoms with Crippen molar-refractivity contribution in [1.82, 2.24) is 9.78 Å². The van der Waals surface area contributed by atoms with Gasteiger partial charge in [0.05, 0.1) is 5.69 Å². The van der Waals surface area contributed by atoms with E-state index in [4.69, 9.17) is 5.73 Å². The predicted molar refractivity (Wildman–Crippen MR) is 42.1 cm³/mol. The molecule has 0 saturated carbocycles. The van der Waals surface area contributed by atoms with Crippen molar-refractivity contribution in [2.45, 2.75) is 13.5 Å². The van der Waals surface area contributed by atoms with Crippen LogP contribution in [-0.2, 0) is 13.6 Å². The molecule has 1 aromatic heterocycles. The SMILES string of the molecule is Cc1cc(CN)c(=O)n(C)n1. The van der Waals surface area contributed by atoms with Gasteiger partial charge in [-0.05, 0) is 13.0 Å². The van der Waals surface area contributed by atoms with Gasteiger partial charge in [0.25, 0.3) is 5.56 Å². The van der Waals surface area contributed by atoms with Crippen LogP contribution < -0.4 is 11.3 Å². The van der Waals surface area contributed by atoms with E-state index in [1.54, 1.807) is 13.1 Å². The molecule has 1 heterocycles. The van der Waals surface area contributed by atoms with Gasteiger partial charge in [-0.2, -0.15) is 5.10 Å². The van der Waals surface area contributed by atoms with Gasteiger partial charge in [0.15, 0.2) is 0 Å². The number of rotatable bonds is 1. The minimum absolute atomic E-state index is 0.113. The molecule has 0 amide bonds. The highest BCUT2D eigenvalue weighted by Crippen LogP contribution is 1.91. The van der Waals surface area contributed by atoms with E-state index in [-0.39, 0.29) is 12.1 Å². The summed E-state index contributed by atoms with van der Waals surface area (Å²) < 4.78 is 1.30. The molecule has 60 valence electrons. The highest BCUT2D eigenvalue weighted by molar-refractivity contribution is 5.11. The van der Waals surface area contributed by atoms with Crippen molar-refractivity contribution in [2.75, 3.05) is 0 Å². The van der Waals surface area contributed by atoms with E-state index in [2.05, 4.69) is 5.10 Å². The first kappa shape index (κ1) is 7.94.